The van der Waals surface area contributed by atoms with Crippen LogP contribution in [0.25, 0.3) is 0 Å². The molecule has 0 aromatic heterocycles. The van der Waals surface area contributed by atoms with Crippen molar-refractivity contribution in [2.45, 2.75) is 18.4 Å². The highest BCUT2D eigenvalue weighted by atomic mass is 79.9. The van der Waals surface area contributed by atoms with Crippen LogP contribution in [-0.2, 0) is 4.79 Å². The van der Waals surface area contributed by atoms with E-state index in [9.17, 15) is 9.90 Å². The molecular weight excluding hydrogens is 234 g/mol. The lowest BCUT2D eigenvalue weighted by Gasteiger charge is -2.46. The number of rotatable bonds is 1. The van der Waals surface area contributed by atoms with Gasteiger partial charge in [0, 0.05) is 21.9 Å². The summed E-state index contributed by atoms with van der Waals surface area (Å²) in [6, 6.07) is 0. The van der Waals surface area contributed by atoms with Crippen LogP contribution >= 0.6 is 15.9 Å². The lowest BCUT2D eigenvalue weighted by molar-refractivity contribution is -0.153. The van der Waals surface area contributed by atoms with E-state index in [0.29, 0.717) is 19.0 Å². The number of carbonyl (C=O) groups excluding carboxylic acids is 1. The standard InChI is InChI=1S/C9H10BrNO2/c10-4-3-8(12)11-5-9(13,6-11)7-1-2-7/h7,13H,1-2,5-6H2. The van der Waals surface area contributed by atoms with Crippen LogP contribution in [0.1, 0.15) is 12.8 Å². The van der Waals surface area contributed by atoms with Crippen molar-refractivity contribution < 1.29 is 9.90 Å². The van der Waals surface area contributed by atoms with E-state index < -0.39 is 5.60 Å². The molecule has 2 aliphatic rings. The first-order valence-electron chi connectivity index (χ1n) is 4.29. The second-order valence-electron chi connectivity index (χ2n) is 3.76. The van der Waals surface area contributed by atoms with Crippen LogP contribution in [0.5, 0.6) is 0 Å². The Morgan fingerprint density at radius 2 is 2.15 bits per heavy atom. The lowest BCUT2D eigenvalue weighted by Crippen LogP contribution is -2.64. The van der Waals surface area contributed by atoms with Crippen molar-refractivity contribution in [3.8, 4) is 10.8 Å². The number of amides is 1. The van der Waals surface area contributed by atoms with E-state index in [1.165, 1.54) is 0 Å². The Bertz CT molecular complexity index is 294. The number of hydrogen-bond donors (Lipinski definition) is 1. The van der Waals surface area contributed by atoms with Crippen LogP contribution in [0.3, 0.4) is 0 Å². The molecule has 0 atom stereocenters. The van der Waals surface area contributed by atoms with Gasteiger partial charge in [-0.25, -0.2) is 0 Å². The highest BCUT2D eigenvalue weighted by molar-refractivity contribution is 9.12. The van der Waals surface area contributed by atoms with Crippen molar-refractivity contribution in [3.63, 3.8) is 0 Å². The highest BCUT2D eigenvalue weighted by Gasteiger charge is 2.53. The van der Waals surface area contributed by atoms with Crippen molar-refractivity contribution >= 4 is 21.8 Å². The average molecular weight is 244 g/mol. The maximum Gasteiger partial charge on any atom is 0.299 e. The zero-order valence-electron chi connectivity index (χ0n) is 7.09. The SMILES string of the molecule is O=C(C#CBr)N1CC(O)(C2CC2)C1. The summed E-state index contributed by atoms with van der Waals surface area (Å²) < 4.78 is 0. The summed E-state index contributed by atoms with van der Waals surface area (Å²) in [7, 11) is 0. The monoisotopic (exact) mass is 243 g/mol. The zero-order valence-corrected chi connectivity index (χ0v) is 8.67. The van der Waals surface area contributed by atoms with E-state index in [0.717, 1.165) is 12.8 Å². The maximum absolute atomic E-state index is 11.2. The minimum Gasteiger partial charge on any atom is -0.386 e. The van der Waals surface area contributed by atoms with Gasteiger partial charge in [0.2, 0.25) is 0 Å². The van der Waals surface area contributed by atoms with Gasteiger partial charge in [0.25, 0.3) is 5.91 Å². The van der Waals surface area contributed by atoms with Crippen LogP contribution in [0.15, 0.2) is 0 Å². The predicted octanol–water partition coefficient (Wildman–Crippen LogP) is 0.325. The maximum atomic E-state index is 11.2. The van der Waals surface area contributed by atoms with Gasteiger partial charge in [-0.1, -0.05) is 0 Å². The molecule has 2 rings (SSSR count). The van der Waals surface area contributed by atoms with Crippen molar-refractivity contribution in [3.05, 3.63) is 0 Å². The fraction of sp³-hybridized carbons (Fsp3) is 0.667. The van der Waals surface area contributed by atoms with Crippen LogP contribution in [0, 0.1) is 16.7 Å². The van der Waals surface area contributed by atoms with E-state index in [1.54, 1.807) is 4.90 Å². The number of carbonyl (C=O) groups is 1. The van der Waals surface area contributed by atoms with Crippen LogP contribution in [0.4, 0.5) is 0 Å². The molecule has 13 heavy (non-hydrogen) atoms. The second-order valence-corrected chi connectivity index (χ2v) is 4.16. The van der Waals surface area contributed by atoms with Gasteiger partial charge >= 0.3 is 0 Å². The molecule has 0 bridgehead atoms. The Morgan fingerprint density at radius 3 is 2.62 bits per heavy atom. The van der Waals surface area contributed by atoms with Crippen molar-refractivity contribution in [2.24, 2.45) is 5.92 Å². The van der Waals surface area contributed by atoms with Crippen molar-refractivity contribution in [1.82, 2.24) is 4.90 Å². The van der Waals surface area contributed by atoms with E-state index in [-0.39, 0.29) is 5.91 Å². The van der Waals surface area contributed by atoms with Gasteiger partial charge in [0.15, 0.2) is 0 Å². The largest absolute Gasteiger partial charge is 0.386 e. The van der Waals surface area contributed by atoms with Gasteiger partial charge in [-0.05, 0) is 23.6 Å². The number of hydrogen-bond acceptors (Lipinski definition) is 2. The second kappa shape index (κ2) is 3.00. The summed E-state index contributed by atoms with van der Waals surface area (Å²) in [5.41, 5.74) is -0.594. The van der Waals surface area contributed by atoms with Crippen LogP contribution in [0.2, 0.25) is 0 Å². The third-order valence-corrected chi connectivity index (χ3v) is 2.91. The third kappa shape index (κ3) is 1.59. The Labute approximate surface area is 85.2 Å². The molecule has 0 spiro atoms. The van der Waals surface area contributed by atoms with Crippen LogP contribution in [-0.4, -0.2) is 34.6 Å². The molecule has 0 aromatic carbocycles. The molecule has 1 aliphatic heterocycles. The van der Waals surface area contributed by atoms with E-state index in [4.69, 9.17) is 0 Å². The minimum atomic E-state index is -0.594. The number of halogens is 1. The van der Waals surface area contributed by atoms with Gasteiger partial charge in [-0.15, -0.1) is 0 Å². The van der Waals surface area contributed by atoms with Crippen molar-refractivity contribution in [1.29, 1.82) is 0 Å². The summed E-state index contributed by atoms with van der Waals surface area (Å²) in [4.78, 5) is 15.1. The number of β-amino-alcohol motifs (C(OH)–C–C–N with tert-alkyl or cyclic N) is 1. The summed E-state index contributed by atoms with van der Waals surface area (Å²) in [6.07, 6.45) is 2.20. The fourth-order valence-corrected chi connectivity index (χ4v) is 1.93. The van der Waals surface area contributed by atoms with Crippen LogP contribution < -0.4 is 0 Å². The highest BCUT2D eigenvalue weighted by Crippen LogP contribution is 2.44. The molecule has 4 heteroatoms. The molecule has 1 N–H and O–H groups in total. The van der Waals surface area contributed by atoms with E-state index in [2.05, 4.69) is 26.7 Å². The summed E-state index contributed by atoms with van der Waals surface area (Å²) in [6.45, 7) is 0.913. The number of aliphatic hydroxyl groups is 1. The molecule has 2 fully saturated rings. The lowest BCUT2D eigenvalue weighted by atomic mass is 9.89. The normalized spacial score (nSPS) is 24.3. The number of likely N-dealkylation sites (tertiary alicyclic amines) is 1. The van der Waals surface area contributed by atoms with Gasteiger partial charge in [-0.2, -0.15) is 0 Å². The van der Waals surface area contributed by atoms with Gasteiger partial charge in [-0.3, -0.25) is 4.79 Å². The smallest absolute Gasteiger partial charge is 0.299 e. The molecule has 1 aliphatic carbocycles. The van der Waals surface area contributed by atoms with Gasteiger partial charge in [0.05, 0.1) is 13.1 Å². The zero-order chi connectivity index (χ0) is 9.47. The molecule has 1 heterocycles. The Morgan fingerprint density at radius 1 is 1.54 bits per heavy atom. The number of nitrogens with zero attached hydrogens (tertiary/aromatic N) is 1. The molecule has 3 nitrogen and oxygen atoms in total. The van der Waals surface area contributed by atoms with E-state index in [1.807, 2.05) is 0 Å². The summed E-state index contributed by atoms with van der Waals surface area (Å²) >= 11 is 2.87. The van der Waals surface area contributed by atoms with Gasteiger partial charge < -0.3 is 10.0 Å². The summed E-state index contributed by atoms with van der Waals surface area (Å²) in [5, 5.41) is 9.88. The molecule has 1 saturated carbocycles. The molecule has 0 aromatic rings. The Balaban J connectivity index is 1.88. The first-order valence-corrected chi connectivity index (χ1v) is 5.08. The Hall–Kier alpha value is -0.530. The molecule has 1 saturated heterocycles. The average Bonchev–Trinajstić information content (AvgIpc) is 2.81. The fourth-order valence-electron chi connectivity index (χ4n) is 1.76. The topological polar surface area (TPSA) is 40.5 Å². The van der Waals surface area contributed by atoms with E-state index >= 15 is 0 Å². The first-order chi connectivity index (χ1) is 6.15. The molecule has 0 radical (unpaired) electrons. The first kappa shape index (κ1) is 9.04. The van der Waals surface area contributed by atoms with Crippen molar-refractivity contribution in [2.75, 3.05) is 13.1 Å². The predicted molar refractivity (Wildman–Crippen MR) is 51.0 cm³/mol. The molecule has 0 unspecified atom stereocenters. The third-order valence-electron chi connectivity index (χ3n) is 2.71. The molecule has 1 amide bonds. The molecular formula is C9H10BrNO2. The quantitative estimate of drug-likeness (QED) is 0.675. The minimum absolute atomic E-state index is 0.206. The summed E-state index contributed by atoms with van der Waals surface area (Å²) in [5.74, 6) is 2.61. The molecule has 70 valence electrons. The van der Waals surface area contributed by atoms with Gasteiger partial charge in [0.1, 0.15) is 5.60 Å². The Kier molecular flexibility index (Phi) is 2.09.